The lowest BCUT2D eigenvalue weighted by molar-refractivity contribution is 0.646. The highest BCUT2D eigenvalue weighted by Crippen LogP contribution is 2.24. The molecule has 6 heteroatoms. The van der Waals surface area contributed by atoms with Gasteiger partial charge in [0.1, 0.15) is 23.5 Å². The van der Waals surface area contributed by atoms with E-state index in [2.05, 4.69) is 62.3 Å². The van der Waals surface area contributed by atoms with E-state index in [1.165, 1.54) is 11.3 Å². The van der Waals surface area contributed by atoms with Gasteiger partial charge in [-0.15, -0.1) is 0 Å². The monoisotopic (exact) mass is 384 g/mol. The van der Waals surface area contributed by atoms with Crippen molar-refractivity contribution in [2.24, 2.45) is 0 Å². The number of aryl methyl sites for hydroxylation is 2. The average Bonchev–Trinajstić information content (AvgIpc) is 2.74. The van der Waals surface area contributed by atoms with Crippen molar-refractivity contribution >= 4 is 23.0 Å². The second-order valence-electron chi connectivity index (χ2n) is 7.25. The first-order valence-electron chi connectivity index (χ1n) is 9.81. The van der Waals surface area contributed by atoms with Gasteiger partial charge in [0.2, 0.25) is 0 Å². The van der Waals surface area contributed by atoms with E-state index in [-0.39, 0.29) is 0 Å². The first-order chi connectivity index (χ1) is 14.1. The maximum Gasteiger partial charge on any atom is 0.136 e. The molecule has 1 aliphatic rings. The van der Waals surface area contributed by atoms with Crippen LogP contribution in [0.4, 0.5) is 23.0 Å². The Labute approximate surface area is 171 Å². The van der Waals surface area contributed by atoms with Gasteiger partial charge < -0.3 is 15.1 Å². The highest BCUT2D eigenvalue weighted by molar-refractivity contribution is 5.66. The maximum absolute atomic E-state index is 9.31. The summed E-state index contributed by atoms with van der Waals surface area (Å²) in [4.78, 5) is 13.9. The number of nitrogens with zero attached hydrogens (tertiary/aromatic N) is 5. The Kier molecular flexibility index (Phi) is 5.30. The van der Waals surface area contributed by atoms with E-state index in [0.717, 1.165) is 37.7 Å². The Morgan fingerprint density at radius 3 is 2.41 bits per heavy atom. The number of anilines is 4. The van der Waals surface area contributed by atoms with Crippen LogP contribution in [0.1, 0.15) is 17.0 Å². The van der Waals surface area contributed by atoms with Gasteiger partial charge in [0, 0.05) is 37.9 Å². The van der Waals surface area contributed by atoms with Gasteiger partial charge in [-0.05, 0) is 43.7 Å². The molecule has 1 aromatic heterocycles. The van der Waals surface area contributed by atoms with Crippen molar-refractivity contribution in [3.05, 3.63) is 71.5 Å². The molecule has 146 valence electrons. The Bertz CT molecular complexity index is 1050. The van der Waals surface area contributed by atoms with E-state index >= 15 is 0 Å². The van der Waals surface area contributed by atoms with Crippen molar-refractivity contribution in [3.8, 4) is 6.07 Å². The number of piperazine rings is 1. The lowest BCUT2D eigenvalue weighted by atomic mass is 10.2. The van der Waals surface area contributed by atoms with E-state index in [4.69, 9.17) is 0 Å². The second-order valence-corrected chi connectivity index (χ2v) is 7.25. The van der Waals surface area contributed by atoms with Crippen molar-refractivity contribution in [1.82, 2.24) is 9.97 Å². The van der Waals surface area contributed by atoms with Crippen molar-refractivity contribution in [2.45, 2.75) is 13.8 Å². The third kappa shape index (κ3) is 4.30. The minimum atomic E-state index is 0.595. The molecule has 2 heterocycles. The molecule has 1 fully saturated rings. The molecular weight excluding hydrogens is 360 g/mol. The number of nitrogens with one attached hydrogen (secondary N) is 1. The van der Waals surface area contributed by atoms with Crippen LogP contribution in [0.15, 0.2) is 54.6 Å². The smallest absolute Gasteiger partial charge is 0.136 e. The van der Waals surface area contributed by atoms with Gasteiger partial charge in [-0.2, -0.15) is 5.26 Å². The molecule has 29 heavy (non-hydrogen) atoms. The van der Waals surface area contributed by atoms with Gasteiger partial charge in [-0.25, -0.2) is 9.97 Å². The van der Waals surface area contributed by atoms with Crippen molar-refractivity contribution in [1.29, 1.82) is 5.26 Å². The lowest BCUT2D eigenvalue weighted by Gasteiger charge is -2.37. The lowest BCUT2D eigenvalue weighted by Crippen LogP contribution is -2.47. The molecule has 1 saturated heterocycles. The van der Waals surface area contributed by atoms with Gasteiger partial charge in [0.05, 0.1) is 11.3 Å². The van der Waals surface area contributed by atoms with Crippen LogP contribution in [0.3, 0.4) is 0 Å². The first kappa shape index (κ1) is 18.8. The quantitative estimate of drug-likeness (QED) is 0.732. The fourth-order valence-electron chi connectivity index (χ4n) is 3.62. The molecule has 0 radical (unpaired) electrons. The van der Waals surface area contributed by atoms with Crippen LogP contribution >= 0.6 is 0 Å². The number of hydrogen-bond donors (Lipinski definition) is 1. The summed E-state index contributed by atoms with van der Waals surface area (Å²) >= 11 is 0. The van der Waals surface area contributed by atoms with Gasteiger partial charge >= 0.3 is 0 Å². The molecule has 6 nitrogen and oxygen atoms in total. The normalized spacial score (nSPS) is 13.8. The fraction of sp³-hybridized carbons (Fsp3) is 0.261. The predicted octanol–water partition coefficient (Wildman–Crippen LogP) is 4.04. The summed E-state index contributed by atoms with van der Waals surface area (Å²) in [7, 11) is 0. The molecule has 0 bridgehead atoms. The van der Waals surface area contributed by atoms with Crippen molar-refractivity contribution in [2.75, 3.05) is 41.3 Å². The Morgan fingerprint density at radius 2 is 1.66 bits per heavy atom. The van der Waals surface area contributed by atoms with Gasteiger partial charge in [-0.1, -0.05) is 24.3 Å². The van der Waals surface area contributed by atoms with E-state index in [1.54, 1.807) is 6.07 Å². The van der Waals surface area contributed by atoms with Crippen LogP contribution in [-0.2, 0) is 0 Å². The molecule has 0 unspecified atom stereocenters. The molecule has 0 atom stereocenters. The molecule has 1 N–H and O–H groups in total. The van der Waals surface area contributed by atoms with Crippen LogP contribution in [0, 0.1) is 25.2 Å². The zero-order valence-electron chi connectivity index (χ0n) is 16.8. The molecule has 2 aromatic carbocycles. The Balaban J connectivity index is 1.49. The SMILES string of the molecule is Cc1cccc(N2CCN(c3cc(Nc4ccccc4C#N)nc(C)n3)CC2)c1. The molecule has 0 spiro atoms. The zero-order valence-corrected chi connectivity index (χ0v) is 16.8. The minimum absolute atomic E-state index is 0.595. The second kappa shape index (κ2) is 8.19. The predicted molar refractivity (Wildman–Crippen MR) is 117 cm³/mol. The summed E-state index contributed by atoms with van der Waals surface area (Å²) in [6, 6.07) is 20.3. The summed E-state index contributed by atoms with van der Waals surface area (Å²) in [6.07, 6.45) is 0. The van der Waals surface area contributed by atoms with Crippen molar-refractivity contribution in [3.63, 3.8) is 0 Å². The Hall–Kier alpha value is -3.59. The van der Waals surface area contributed by atoms with Crippen LogP contribution in [-0.4, -0.2) is 36.1 Å². The van der Waals surface area contributed by atoms with Gasteiger partial charge in [0.25, 0.3) is 0 Å². The fourth-order valence-corrected chi connectivity index (χ4v) is 3.62. The molecule has 0 amide bonds. The number of nitriles is 1. The van der Waals surface area contributed by atoms with Crippen LogP contribution in [0.2, 0.25) is 0 Å². The summed E-state index contributed by atoms with van der Waals surface area (Å²) in [5, 5.41) is 12.6. The van der Waals surface area contributed by atoms with Crippen molar-refractivity contribution < 1.29 is 0 Å². The van der Waals surface area contributed by atoms with E-state index in [0.29, 0.717) is 17.2 Å². The highest BCUT2D eigenvalue weighted by atomic mass is 15.3. The minimum Gasteiger partial charge on any atom is -0.368 e. The van der Waals surface area contributed by atoms with Crippen LogP contribution < -0.4 is 15.1 Å². The van der Waals surface area contributed by atoms with E-state index in [1.807, 2.05) is 31.2 Å². The highest BCUT2D eigenvalue weighted by Gasteiger charge is 2.19. The summed E-state index contributed by atoms with van der Waals surface area (Å²) in [5.41, 5.74) is 3.91. The zero-order chi connectivity index (χ0) is 20.2. The maximum atomic E-state index is 9.31. The molecule has 1 aliphatic heterocycles. The first-order valence-corrected chi connectivity index (χ1v) is 9.81. The Morgan fingerprint density at radius 1 is 0.897 bits per heavy atom. The van der Waals surface area contributed by atoms with E-state index in [9.17, 15) is 5.26 Å². The average molecular weight is 384 g/mol. The van der Waals surface area contributed by atoms with E-state index < -0.39 is 0 Å². The van der Waals surface area contributed by atoms with Gasteiger partial charge in [0.15, 0.2) is 0 Å². The molecular formula is C23H24N6. The summed E-state index contributed by atoms with van der Waals surface area (Å²) in [5.74, 6) is 2.33. The van der Waals surface area contributed by atoms with Gasteiger partial charge in [-0.3, -0.25) is 0 Å². The third-order valence-electron chi connectivity index (χ3n) is 5.11. The standard InChI is InChI=1S/C23H24N6/c1-17-6-5-8-20(14-17)28-10-12-29(13-11-28)23-15-22(25-18(2)26-23)27-21-9-4-3-7-19(21)16-24/h3-9,14-15H,10-13H2,1-2H3,(H,25,26,27). The number of rotatable bonds is 4. The molecule has 0 saturated carbocycles. The summed E-state index contributed by atoms with van der Waals surface area (Å²) < 4.78 is 0. The third-order valence-corrected chi connectivity index (χ3v) is 5.11. The molecule has 0 aliphatic carbocycles. The number of hydrogen-bond acceptors (Lipinski definition) is 6. The molecule has 4 rings (SSSR count). The van der Waals surface area contributed by atoms with Crippen LogP contribution in [0.25, 0.3) is 0 Å². The van der Waals surface area contributed by atoms with Crippen LogP contribution in [0.5, 0.6) is 0 Å². The number of para-hydroxylation sites is 1. The number of benzene rings is 2. The number of aromatic nitrogens is 2. The topological polar surface area (TPSA) is 68.1 Å². The largest absolute Gasteiger partial charge is 0.368 e. The summed E-state index contributed by atoms with van der Waals surface area (Å²) in [6.45, 7) is 7.73. The molecule has 3 aromatic rings.